The minimum Gasteiger partial charge on any atom is -0.375 e. The average molecular weight is 126 g/mol. The van der Waals surface area contributed by atoms with Gasteiger partial charge in [-0.2, -0.15) is 0 Å². The molecule has 2 nitrogen and oxygen atoms in total. The van der Waals surface area contributed by atoms with Gasteiger partial charge in [-0.25, -0.2) is 0 Å². The Morgan fingerprint density at radius 2 is 2.44 bits per heavy atom. The molecule has 0 fully saturated rings. The van der Waals surface area contributed by atoms with Crippen molar-refractivity contribution in [1.82, 2.24) is 0 Å². The molecule has 1 atom stereocenters. The monoisotopic (exact) mass is 126 g/mol. The minimum absolute atomic E-state index is 0.310. The molecular formula is C7H10O2. The molecule has 0 heterocycles. The van der Waals surface area contributed by atoms with Crippen LogP contribution >= 0.6 is 0 Å². The van der Waals surface area contributed by atoms with Crippen molar-refractivity contribution in [3.63, 3.8) is 0 Å². The van der Waals surface area contributed by atoms with Crippen LogP contribution in [0, 0.1) is 17.9 Å². The van der Waals surface area contributed by atoms with E-state index in [1.807, 2.05) is 13.8 Å². The third-order valence-electron chi connectivity index (χ3n) is 1.02. The Morgan fingerprint density at radius 3 is 2.89 bits per heavy atom. The summed E-state index contributed by atoms with van der Waals surface area (Å²) in [7, 11) is 0. The number of carbonyl (C=O) groups excluding carboxylic acids is 1. The van der Waals surface area contributed by atoms with E-state index in [-0.39, 0.29) is 0 Å². The second kappa shape index (κ2) is 5.17. The fraction of sp³-hybridized carbons (Fsp3) is 0.571. The average Bonchev–Trinajstić information content (AvgIpc) is 1.89. The SMILES string of the molecule is CCC(C)C#COC=O. The summed E-state index contributed by atoms with van der Waals surface area (Å²) in [4.78, 5) is 9.55. The predicted octanol–water partition coefficient (Wildman–Crippen LogP) is 1.17. The first kappa shape index (κ1) is 8.03. The van der Waals surface area contributed by atoms with Crippen LogP contribution in [0.5, 0.6) is 0 Å². The molecule has 0 saturated heterocycles. The van der Waals surface area contributed by atoms with Crippen LogP contribution in [0.3, 0.4) is 0 Å². The van der Waals surface area contributed by atoms with Crippen LogP contribution in [0.1, 0.15) is 20.3 Å². The van der Waals surface area contributed by atoms with Gasteiger partial charge >= 0.3 is 6.47 Å². The molecule has 0 rings (SSSR count). The number of hydrogen-bond acceptors (Lipinski definition) is 2. The van der Waals surface area contributed by atoms with Crippen molar-refractivity contribution in [3.8, 4) is 12.0 Å². The van der Waals surface area contributed by atoms with E-state index in [1.165, 1.54) is 0 Å². The molecule has 0 N–H and O–H groups in total. The lowest BCUT2D eigenvalue weighted by Gasteiger charge is -1.91. The van der Waals surface area contributed by atoms with Gasteiger partial charge in [-0.1, -0.05) is 19.8 Å². The summed E-state index contributed by atoms with van der Waals surface area (Å²) < 4.78 is 4.16. The molecule has 0 aromatic carbocycles. The van der Waals surface area contributed by atoms with Crippen molar-refractivity contribution in [2.75, 3.05) is 0 Å². The van der Waals surface area contributed by atoms with Crippen molar-refractivity contribution >= 4 is 6.47 Å². The summed E-state index contributed by atoms with van der Waals surface area (Å²) in [5.74, 6) is 3.04. The van der Waals surface area contributed by atoms with Gasteiger partial charge in [-0.3, -0.25) is 4.79 Å². The van der Waals surface area contributed by atoms with Crippen LogP contribution < -0.4 is 0 Å². The lowest BCUT2D eigenvalue weighted by molar-refractivity contribution is -0.122. The van der Waals surface area contributed by atoms with E-state index in [9.17, 15) is 4.79 Å². The molecule has 0 aliphatic carbocycles. The van der Waals surface area contributed by atoms with E-state index in [2.05, 4.69) is 16.8 Å². The van der Waals surface area contributed by atoms with Crippen LogP contribution in [-0.4, -0.2) is 6.47 Å². The molecule has 50 valence electrons. The van der Waals surface area contributed by atoms with Crippen LogP contribution in [0.2, 0.25) is 0 Å². The van der Waals surface area contributed by atoms with E-state index >= 15 is 0 Å². The van der Waals surface area contributed by atoms with Gasteiger partial charge in [-0.15, -0.1) is 0 Å². The first-order valence-corrected chi connectivity index (χ1v) is 2.91. The van der Waals surface area contributed by atoms with E-state index in [0.717, 1.165) is 6.42 Å². The highest BCUT2D eigenvalue weighted by molar-refractivity contribution is 5.39. The first-order chi connectivity index (χ1) is 4.31. The zero-order chi connectivity index (χ0) is 7.11. The second-order valence-electron chi connectivity index (χ2n) is 1.77. The Balaban J connectivity index is 3.44. The third-order valence-corrected chi connectivity index (χ3v) is 1.02. The van der Waals surface area contributed by atoms with Crippen LogP contribution in [0.25, 0.3) is 0 Å². The molecule has 0 bridgehead atoms. The van der Waals surface area contributed by atoms with Gasteiger partial charge in [0.05, 0.1) is 0 Å². The zero-order valence-corrected chi connectivity index (χ0v) is 5.68. The highest BCUT2D eigenvalue weighted by atomic mass is 16.5. The van der Waals surface area contributed by atoms with E-state index in [1.54, 1.807) is 0 Å². The third kappa shape index (κ3) is 4.89. The molecule has 9 heavy (non-hydrogen) atoms. The Kier molecular flexibility index (Phi) is 4.61. The minimum atomic E-state index is 0.310. The summed E-state index contributed by atoms with van der Waals surface area (Å²) in [6.07, 6.45) is 3.25. The van der Waals surface area contributed by atoms with Gasteiger partial charge in [0.2, 0.25) is 0 Å². The van der Waals surface area contributed by atoms with Crippen LogP contribution in [0.4, 0.5) is 0 Å². The normalized spacial score (nSPS) is 10.9. The molecule has 0 aliphatic heterocycles. The van der Waals surface area contributed by atoms with Gasteiger partial charge in [0.25, 0.3) is 0 Å². The topological polar surface area (TPSA) is 26.3 Å². The highest BCUT2D eigenvalue weighted by Crippen LogP contribution is 1.95. The summed E-state index contributed by atoms with van der Waals surface area (Å²) in [6.45, 7) is 4.33. The van der Waals surface area contributed by atoms with Gasteiger partial charge in [-0.05, 0) is 6.42 Å². The summed E-state index contributed by atoms with van der Waals surface area (Å²) in [6, 6.07) is 0. The van der Waals surface area contributed by atoms with Gasteiger partial charge in [0.1, 0.15) is 6.11 Å². The first-order valence-electron chi connectivity index (χ1n) is 2.91. The highest BCUT2D eigenvalue weighted by Gasteiger charge is 1.88. The van der Waals surface area contributed by atoms with E-state index in [4.69, 9.17) is 0 Å². The van der Waals surface area contributed by atoms with Gasteiger partial charge < -0.3 is 4.74 Å². The van der Waals surface area contributed by atoms with Crippen molar-refractivity contribution in [2.45, 2.75) is 20.3 Å². The van der Waals surface area contributed by atoms with E-state index in [0.29, 0.717) is 12.4 Å². The molecule has 0 saturated carbocycles. The van der Waals surface area contributed by atoms with Crippen molar-refractivity contribution < 1.29 is 9.53 Å². The maximum Gasteiger partial charge on any atom is 0.307 e. The maximum absolute atomic E-state index is 9.55. The Labute approximate surface area is 55.2 Å². The molecule has 0 aromatic heterocycles. The number of carbonyl (C=O) groups is 1. The predicted molar refractivity (Wildman–Crippen MR) is 34.4 cm³/mol. The Morgan fingerprint density at radius 1 is 1.78 bits per heavy atom. The van der Waals surface area contributed by atoms with Crippen molar-refractivity contribution in [2.24, 2.45) is 5.92 Å². The molecular weight excluding hydrogens is 116 g/mol. The molecule has 0 radical (unpaired) electrons. The lowest BCUT2D eigenvalue weighted by atomic mass is 10.1. The quantitative estimate of drug-likeness (QED) is 0.410. The van der Waals surface area contributed by atoms with Gasteiger partial charge in [0, 0.05) is 5.92 Å². The number of ether oxygens (including phenoxy) is 1. The Bertz CT molecular complexity index is 130. The molecule has 2 heteroatoms. The molecule has 0 spiro atoms. The largest absolute Gasteiger partial charge is 0.375 e. The number of hydrogen-bond donors (Lipinski definition) is 0. The molecule has 0 aliphatic rings. The van der Waals surface area contributed by atoms with Crippen LogP contribution in [0.15, 0.2) is 0 Å². The lowest BCUT2D eigenvalue weighted by Crippen LogP contribution is -1.85. The zero-order valence-electron chi connectivity index (χ0n) is 5.68. The summed E-state index contributed by atoms with van der Waals surface area (Å²) in [5, 5.41) is 0. The molecule has 1 unspecified atom stereocenters. The number of rotatable bonds is 2. The smallest absolute Gasteiger partial charge is 0.307 e. The molecule has 0 amide bonds. The van der Waals surface area contributed by atoms with E-state index < -0.39 is 0 Å². The standard InChI is InChI=1S/C7H10O2/c1-3-7(2)4-5-9-6-8/h6-7H,3H2,1-2H3. The van der Waals surface area contributed by atoms with Crippen molar-refractivity contribution in [1.29, 1.82) is 0 Å². The van der Waals surface area contributed by atoms with Gasteiger partial charge in [0.15, 0.2) is 0 Å². The van der Waals surface area contributed by atoms with Crippen LogP contribution in [-0.2, 0) is 9.53 Å². The summed E-state index contributed by atoms with van der Waals surface area (Å²) in [5.41, 5.74) is 0. The van der Waals surface area contributed by atoms with Crippen molar-refractivity contribution in [3.05, 3.63) is 0 Å². The second-order valence-corrected chi connectivity index (χ2v) is 1.77. The Hall–Kier alpha value is -0.970. The summed E-state index contributed by atoms with van der Waals surface area (Å²) >= 11 is 0. The fourth-order valence-electron chi connectivity index (χ4n) is 0.261. The fourth-order valence-corrected chi connectivity index (χ4v) is 0.261. The maximum atomic E-state index is 9.55. The molecule has 0 aromatic rings.